The van der Waals surface area contributed by atoms with E-state index >= 15 is 0 Å². The van der Waals surface area contributed by atoms with Crippen molar-refractivity contribution < 1.29 is 0 Å². The van der Waals surface area contributed by atoms with Gasteiger partial charge in [-0.1, -0.05) is 42.4 Å². The fourth-order valence-corrected chi connectivity index (χ4v) is 3.85. The molecule has 3 rings (SSSR count). The van der Waals surface area contributed by atoms with Crippen LogP contribution in [-0.2, 0) is 0 Å². The van der Waals surface area contributed by atoms with Crippen LogP contribution in [0, 0.1) is 17.8 Å². The van der Waals surface area contributed by atoms with Gasteiger partial charge in [0.05, 0.1) is 0 Å². The Kier molecular flexibility index (Phi) is 3.05. The normalized spacial score (nSPS) is 35.4. The van der Waals surface area contributed by atoms with Crippen LogP contribution < -0.4 is 0 Å². The van der Waals surface area contributed by atoms with Crippen LogP contribution in [0.2, 0.25) is 0 Å². The van der Waals surface area contributed by atoms with Crippen molar-refractivity contribution in [2.24, 2.45) is 17.8 Å². The van der Waals surface area contributed by atoms with E-state index in [-0.39, 0.29) is 0 Å². The summed E-state index contributed by atoms with van der Waals surface area (Å²) in [4.78, 5) is 0. The molecule has 90 valence electrons. The molecule has 3 unspecified atom stereocenters. The van der Waals surface area contributed by atoms with E-state index in [4.69, 9.17) is 0 Å². The number of hydrogen-bond donors (Lipinski definition) is 0. The Bertz CT molecular complexity index is 394. The van der Waals surface area contributed by atoms with Crippen LogP contribution >= 0.6 is 0 Å². The smallest absolute Gasteiger partial charge is 0.0122 e. The molecule has 0 heteroatoms. The Balaban J connectivity index is 1.90. The van der Waals surface area contributed by atoms with E-state index in [2.05, 4.69) is 37.0 Å². The molecular formula is C17H22. The molecular weight excluding hydrogens is 204 g/mol. The molecule has 0 aliphatic heterocycles. The largest absolute Gasteiger partial charge is 0.103 e. The van der Waals surface area contributed by atoms with E-state index in [0.29, 0.717) is 0 Å². The second-order valence-electron chi connectivity index (χ2n) is 5.76. The molecule has 0 nitrogen and oxygen atoms in total. The zero-order chi connectivity index (χ0) is 11.7. The fourth-order valence-electron chi connectivity index (χ4n) is 3.85. The lowest BCUT2D eigenvalue weighted by Crippen LogP contribution is -2.26. The molecule has 1 saturated carbocycles. The van der Waals surface area contributed by atoms with Crippen LogP contribution in [0.25, 0.3) is 0 Å². The molecule has 0 amide bonds. The Morgan fingerprint density at radius 2 is 2.24 bits per heavy atom. The summed E-state index contributed by atoms with van der Waals surface area (Å²) in [5, 5.41) is 0. The molecule has 0 aromatic rings. The lowest BCUT2D eigenvalue weighted by molar-refractivity contribution is 0.311. The van der Waals surface area contributed by atoms with Gasteiger partial charge in [-0.15, -0.1) is 6.58 Å². The molecule has 0 bridgehead atoms. The molecule has 0 spiro atoms. The van der Waals surface area contributed by atoms with Crippen molar-refractivity contribution in [3.63, 3.8) is 0 Å². The number of rotatable bonds is 2. The number of allylic oxidation sites excluding steroid dienone is 7. The maximum atomic E-state index is 3.92. The first kappa shape index (κ1) is 11.1. The maximum absolute atomic E-state index is 3.92. The molecule has 0 saturated heterocycles. The average Bonchev–Trinajstić information content (AvgIpc) is 2.37. The molecule has 0 N–H and O–H groups in total. The zero-order valence-corrected chi connectivity index (χ0v) is 10.6. The van der Waals surface area contributed by atoms with E-state index in [1.54, 1.807) is 11.1 Å². The van der Waals surface area contributed by atoms with E-state index in [1.807, 2.05) is 0 Å². The van der Waals surface area contributed by atoms with Gasteiger partial charge in [0.1, 0.15) is 0 Å². The van der Waals surface area contributed by atoms with Gasteiger partial charge in [-0.3, -0.25) is 0 Å². The van der Waals surface area contributed by atoms with Crippen molar-refractivity contribution in [1.29, 1.82) is 0 Å². The van der Waals surface area contributed by atoms with Crippen molar-refractivity contribution in [2.45, 2.75) is 38.5 Å². The van der Waals surface area contributed by atoms with Gasteiger partial charge < -0.3 is 0 Å². The monoisotopic (exact) mass is 226 g/mol. The highest BCUT2D eigenvalue weighted by atomic mass is 14.4. The molecule has 0 heterocycles. The molecule has 3 aliphatic carbocycles. The minimum absolute atomic E-state index is 0.791. The van der Waals surface area contributed by atoms with Crippen LogP contribution in [0.5, 0.6) is 0 Å². The highest BCUT2D eigenvalue weighted by Gasteiger charge is 2.33. The summed E-state index contributed by atoms with van der Waals surface area (Å²) < 4.78 is 0. The van der Waals surface area contributed by atoms with Crippen molar-refractivity contribution in [3.8, 4) is 0 Å². The second-order valence-corrected chi connectivity index (χ2v) is 5.76. The topological polar surface area (TPSA) is 0 Å². The molecule has 0 aromatic carbocycles. The van der Waals surface area contributed by atoms with Crippen molar-refractivity contribution in [2.75, 3.05) is 0 Å². The van der Waals surface area contributed by atoms with E-state index in [0.717, 1.165) is 17.8 Å². The molecule has 1 fully saturated rings. The van der Waals surface area contributed by atoms with Gasteiger partial charge in [0.15, 0.2) is 0 Å². The fraction of sp³-hybridized carbons (Fsp3) is 0.529. The Morgan fingerprint density at radius 1 is 1.29 bits per heavy atom. The summed E-state index contributed by atoms with van der Waals surface area (Å²) in [6, 6.07) is 0. The minimum atomic E-state index is 0.791. The van der Waals surface area contributed by atoms with E-state index < -0.39 is 0 Å². The van der Waals surface area contributed by atoms with Gasteiger partial charge in [0.25, 0.3) is 0 Å². The summed E-state index contributed by atoms with van der Waals surface area (Å²) in [7, 11) is 0. The second kappa shape index (κ2) is 4.68. The van der Waals surface area contributed by atoms with E-state index in [1.165, 1.54) is 38.5 Å². The van der Waals surface area contributed by atoms with Crippen LogP contribution in [0.15, 0.2) is 48.1 Å². The lowest BCUT2D eigenvalue weighted by Gasteiger charge is -2.39. The zero-order valence-electron chi connectivity index (χ0n) is 10.6. The average molecular weight is 226 g/mol. The lowest BCUT2D eigenvalue weighted by atomic mass is 9.66. The molecule has 0 radical (unpaired) electrons. The molecule has 3 aliphatic rings. The first-order chi connectivity index (χ1) is 8.38. The number of fused-ring (bicyclic) bond motifs is 2. The van der Waals surface area contributed by atoms with Crippen LogP contribution in [0.3, 0.4) is 0 Å². The summed E-state index contributed by atoms with van der Waals surface area (Å²) >= 11 is 0. The quantitative estimate of drug-likeness (QED) is 0.593. The highest BCUT2D eigenvalue weighted by Crippen LogP contribution is 2.46. The SMILES string of the molecule is C=CCC1CCCC2CC3CC=CC=C3C=C12. The van der Waals surface area contributed by atoms with Crippen LogP contribution in [0.4, 0.5) is 0 Å². The predicted molar refractivity (Wildman–Crippen MR) is 73.7 cm³/mol. The summed E-state index contributed by atoms with van der Waals surface area (Å²) in [5.74, 6) is 2.48. The van der Waals surface area contributed by atoms with Gasteiger partial charge in [-0.25, -0.2) is 0 Å². The summed E-state index contributed by atoms with van der Waals surface area (Å²) in [5.41, 5.74) is 3.34. The standard InChI is InChI=1S/C17H22/c1-2-6-13-9-5-10-16-11-14-7-3-4-8-15(14)12-17(13)16/h2-4,8,12-14,16H,1,5-7,9-11H2. The van der Waals surface area contributed by atoms with Gasteiger partial charge in [0, 0.05) is 0 Å². The van der Waals surface area contributed by atoms with E-state index in [9.17, 15) is 0 Å². The van der Waals surface area contributed by atoms with Crippen molar-refractivity contribution >= 4 is 0 Å². The molecule has 17 heavy (non-hydrogen) atoms. The van der Waals surface area contributed by atoms with Gasteiger partial charge in [-0.05, 0) is 55.4 Å². The van der Waals surface area contributed by atoms with Crippen molar-refractivity contribution in [3.05, 3.63) is 48.1 Å². The third-order valence-electron chi connectivity index (χ3n) is 4.72. The predicted octanol–water partition coefficient (Wildman–Crippen LogP) is 4.81. The Labute approximate surface area is 105 Å². The van der Waals surface area contributed by atoms with Crippen LogP contribution in [0.1, 0.15) is 38.5 Å². The Morgan fingerprint density at radius 3 is 3.12 bits per heavy atom. The third-order valence-corrected chi connectivity index (χ3v) is 4.72. The third kappa shape index (κ3) is 2.06. The van der Waals surface area contributed by atoms with Crippen LogP contribution in [-0.4, -0.2) is 0 Å². The summed E-state index contributed by atoms with van der Waals surface area (Å²) in [6.07, 6.45) is 19.6. The summed E-state index contributed by atoms with van der Waals surface area (Å²) in [6.45, 7) is 3.92. The van der Waals surface area contributed by atoms with Gasteiger partial charge in [-0.2, -0.15) is 0 Å². The molecule has 3 atom stereocenters. The number of hydrogen-bond acceptors (Lipinski definition) is 0. The minimum Gasteiger partial charge on any atom is -0.103 e. The van der Waals surface area contributed by atoms with Crippen molar-refractivity contribution in [1.82, 2.24) is 0 Å². The Hall–Kier alpha value is -1.04. The molecule has 0 aromatic heterocycles. The first-order valence-electron chi connectivity index (χ1n) is 7.07. The van der Waals surface area contributed by atoms with Gasteiger partial charge >= 0.3 is 0 Å². The van der Waals surface area contributed by atoms with Gasteiger partial charge in [0.2, 0.25) is 0 Å². The first-order valence-corrected chi connectivity index (χ1v) is 7.07. The highest BCUT2D eigenvalue weighted by molar-refractivity contribution is 5.38. The maximum Gasteiger partial charge on any atom is -0.0122 e.